The van der Waals surface area contributed by atoms with Crippen molar-refractivity contribution in [1.82, 2.24) is 0 Å². The number of benzene rings is 2. The largest absolute Gasteiger partial charge is 0.479 e. The minimum atomic E-state index is -3.85. The van der Waals surface area contributed by atoms with Crippen LogP contribution in [0.5, 0.6) is 5.75 Å². The summed E-state index contributed by atoms with van der Waals surface area (Å²) in [5, 5.41) is 11.5. The van der Waals surface area contributed by atoms with Gasteiger partial charge in [0, 0.05) is 0 Å². The second kappa shape index (κ2) is 5.86. The molecule has 1 amide bonds. The molecule has 0 fully saturated rings. The van der Waals surface area contributed by atoms with Crippen LogP contribution in [0.3, 0.4) is 0 Å². The SMILES string of the molecule is C[C@@H]1Oc2ccc(NS(=O)(=O)c3cccc(C#N)c3)cc2NC1=O. The van der Waals surface area contributed by atoms with Gasteiger partial charge in [0.2, 0.25) is 0 Å². The molecule has 0 saturated heterocycles. The maximum Gasteiger partial charge on any atom is 0.265 e. The van der Waals surface area contributed by atoms with Crippen molar-refractivity contribution in [3.8, 4) is 11.8 Å². The number of nitriles is 1. The number of carbonyl (C=O) groups excluding carboxylic acids is 1. The highest BCUT2D eigenvalue weighted by Gasteiger charge is 2.24. The van der Waals surface area contributed by atoms with Crippen molar-refractivity contribution in [1.29, 1.82) is 5.26 Å². The van der Waals surface area contributed by atoms with Crippen LogP contribution in [0.1, 0.15) is 12.5 Å². The summed E-state index contributed by atoms with van der Waals surface area (Å²) in [6.45, 7) is 1.62. The van der Waals surface area contributed by atoms with E-state index in [1.54, 1.807) is 13.0 Å². The van der Waals surface area contributed by atoms with E-state index < -0.39 is 16.1 Å². The zero-order valence-corrected chi connectivity index (χ0v) is 13.4. The first kappa shape index (κ1) is 15.8. The first-order chi connectivity index (χ1) is 11.4. The molecular weight excluding hydrogens is 330 g/mol. The van der Waals surface area contributed by atoms with Crippen LogP contribution in [-0.2, 0) is 14.8 Å². The number of anilines is 2. The molecule has 0 unspecified atom stereocenters. The highest BCUT2D eigenvalue weighted by molar-refractivity contribution is 7.92. The Kier molecular flexibility index (Phi) is 3.87. The van der Waals surface area contributed by atoms with Crippen molar-refractivity contribution in [2.24, 2.45) is 0 Å². The van der Waals surface area contributed by atoms with Crippen LogP contribution in [0.2, 0.25) is 0 Å². The molecule has 24 heavy (non-hydrogen) atoms. The molecule has 0 saturated carbocycles. The van der Waals surface area contributed by atoms with E-state index in [9.17, 15) is 13.2 Å². The number of rotatable bonds is 3. The molecular formula is C16H13N3O4S. The number of carbonyl (C=O) groups is 1. The van der Waals surface area contributed by atoms with E-state index in [-0.39, 0.29) is 22.1 Å². The molecule has 2 aromatic carbocycles. The maximum absolute atomic E-state index is 12.4. The lowest BCUT2D eigenvalue weighted by Crippen LogP contribution is -2.34. The minimum Gasteiger partial charge on any atom is -0.479 e. The molecule has 0 aromatic heterocycles. The van der Waals surface area contributed by atoms with Gasteiger partial charge in [0.05, 0.1) is 27.9 Å². The van der Waals surface area contributed by atoms with Crippen molar-refractivity contribution < 1.29 is 17.9 Å². The van der Waals surface area contributed by atoms with E-state index in [4.69, 9.17) is 10.00 Å². The summed E-state index contributed by atoms with van der Waals surface area (Å²) in [6, 6.07) is 12.2. The normalized spacial score (nSPS) is 16.3. The van der Waals surface area contributed by atoms with Gasteiger partial charge in [0.15, 0.2) is 6.10 Å². The molecule has 1 aliphatic heterocycles. The Hall–Kier alpha value is -3.05. The molecule has 2 N–H and O–H groups in total. The maximum atomic E-state index is 12.4. The highest BCUT2D eigenvalue weighted by atomic mass is 32.2. The summed E-state index contributed by atoms with van der Waals surface area (Å²) < 4.78 is 32.7. The number of fused-ring (bicyclic) bond motifs is 1. The van der Waals surface area contributed by atoms with Crippen molar-refractivity contribution in [3.63, 3.8) is 0 Å². The van der Waals surface area contributed by atoms with Crippen LogP contribution in [0.25, 0.3) is 0 Å². The fourth-order valence-electron chi connectivity index (χ4n) is 2.22. The Bertz CT molecular complexity index is 964. The summed E-state index contributed by atoms with van der Waals surface area (Å²) in [4.78, 5) is 11.6. The molecule has 1 heterocycles. The predicted molar refractivity (Wildman–Crippen MR) is 87.1 cm³/mol. The molecule has 2 aromatic rings. The summed E-state index contributed by atoms with van der Waals surface area (Å²) in [5.41, 5.74) is 0.914. The number of amides is 1. The molecule has 1 aliphatic rings. The van der Waals surface area contributed by atoms with Crippen LogP contribution < -0.4 is 14.8 Å². The third-order valence-electron chi connectivity index (χ3n) is 3.44. The summed E-state index contributed by atoms with van der Waals surface area (Å²) in [7, 11) is -3.85. The van der Waals surface area contributed by atoms with Gasteiger partial charge in [-0.2, -0.15) is 5.26 Å². The zero-order chi connectivity index (χ0) is 17.3. The molecule has 3 rings (SSSR count). The number of ether oxygens (including phenoxy) is 1. The van der Waals surface area contributed by atoms with Gasteiger partial charge < -0.3 is 10.1 Å². The van der Waals surface area contributed by atoms with Gasteiger partial charge in [-0.05, 0) is 43.3 Å². The van der Waals surface area contributed by atoms with E-state index >= 15 is 0 Å². The quantitative estimate of drug-likeness (QED) is 0.887. The van der Waals surface area contributed by atoms with Gasteiger partial charge in [-0.15, -0.1) is 0 Å². The van der Waals surface area contributed by atoms with E-state index in [2.05, 4.69) is 10.0 Å². The molecule has 8 heteroatoms. The van der Waals surface area contributed by atoms with Gasteiger partial charge in [-0.3, -0.25) is 9.52 Å². The van der Waals surface area contributed by atoms with Gasteiger partial charge in [-0.1, -0.05) is 6.07 Å². The van der Waals surface area contributed by atoms with Crippen LogP contribution in [0.15, 0.2) is 47.4 Å². The van der Waals surface area contributed by atoms with Gasteiger partial charge in [-0.25, -0.2) is 8.42 Å². The Labute approximate surface area is 138 Å². The van der Waals surface area contributed by atoms with Crippen molar-refractivity contribution in [3.05, 3.63) is 48.0 Å². The summed E-state index contributed by atoms with van der Waals surface area (Å²) >= 11 is 0. The van der Waals surface area contributed by atoms with Crippen molar-refractivity contribution >= 4 is 27.3 Å². The van der Waals surface area contributed by atoms with Crippen LogP contribution in [0.4, 0.5) is 11.4 Å². The van der Waals surface area contributed by atoms with Crippen LogP contribution >= 0.6 is 0 Å². The predicted octanol–water partition coefficient (Wildman–Crippen LogP) is 2.08. The molecule has 0 spiro atoms. The van der Waals surface area contributed by atoms with E-state index in [1.807, 2.05) is 6.07 Å². The third kappa shape index (κ3) is 3.02. The first-order valence-corrected chi connectivity index (χ1v) is 8.52. The topological polar surface area (TPSA) is 108 Å². The number of nitrogens with zero attached hydrogens (tertiary/aromatic N) is 1. The standard InChI is InChI=1S/C16H13N3O4S/c1-10-16(20)18-14-8-12(5-6-15(14)23-10)19-24(21,22)13-4-2-3-11(7-13)9-17/h2-8,10,19H,1H3,(H,18,20)/t10-/m0/s1. The molecule has 1 atom stereocenters. The van der Waals surface area contributed by atoms with E-state index in [0.29, 0.717) is 11.4 Å². The Balaban J connectivity index is 1.90. The monoisotopic (exact) mass is 343 g/mol. The third-order valence-corrected chi connectivity index (χ3v) is 4.82. The molecule has 0 bridgehead atoms. The van der Waals surface area contributed by atoms with Crippen LogP contribution in [-0.4, -0.2) is 20.4 Å². The highest BCUT2D eigenvalue weighted by Crippen LogP contribution is 2.32. The van der Waals surface area contributed by atoms with E-state index in [0.717, 1.165) is 0 Å². The average Bonchev–Trinajstić information content (AvgIpc) is 2.56. The molecule has 0 radical (unpaired) electrons. The Morgan fingerprint density at radius 3 is 2.79 bits per heavy atom. The second-order valence-electron chi connectivity index (χ2n) is 5.21. The van der Waals surface area contributed by atoms with Gasteiger partial charge >= 0.3 is 0 Å². The van der Waals surface area contributed by atoms with Crippen molar-refractivity contribution in [2.75, 3.05) is 10.0 Å². The van der Waals surface area contributed by atoms with Crippen molar-refractivity contribution in [2.45, 2.75) is 17.9 Å². The molecule has 0 aliphatic carbocycles. The Morgan fingerprint density at radius 2 is 2.04 bits per heavy atom. The lowest BCUT2D eigenvalue weighted by Gasteiger charge is -2.23. The molecule has 122 valence electrons. The second-order valence-corrected chi connectivity index (χ2v) is 6.89. The smallest absolute Gasteiger partial charge is 0.265 e. The molecule has 7 nitrogen and oxygen atoms in total. The number of hydrogen-bond acceptors (Lipinski definition) is 5. The Morgan fingerprint density at radius 1 is 1.25 bits per heavy atom. The van der Waals surface area contributed by atoms with Gasteiger partial charge in [0.1, 0.15) is 5.75 Å². The summed E-state index contributed by atoms with van der Waals surface area (Å²) in [5.74, 6) is 0.167. The lowest BCUT2D eigenvalue weighted by molar-refractivity contribution is -0.122. The van der Waals surface area contributed by atoms with Gasteiger partial charge in [0.25, 0.3) is 15.9 Å². The van der Waals surface area contributed by atoms with E-state index in [1.165, 1.54) is 36.4 Å². The number of nitrogens with one attached hydrogen (secondary N) is 2. The zero-order valence-electron chi connectivity index (χ0n) is 12.6. The fourth-order valence-corrected chi connectivity index (χ4v) is 3.31. The lowest BCUT2D eigenvalue weighted by atomic mass is 10.2. The van der Waals surface area contributed by atoms with Crippen LogP contribution in [0, 0.1) is 11.3 Å². The first-order valence-electron chi connectivity index (χ1n) is 7.03. The fraction of sp³-hybridized carbons (Fsp3) is 0.125. The summed E-state index contributed by atoms with van der Waals surface area (Å²) in [6.07, 6.45) is -0.603. The average molecular weight is 343 g/mol. The number of sulfonamides is 1. The minimum absolute atomic E-state index is 0.0202. The number of hydrogen-bond donors (Lipinski definition) is 2.